The van der Waals surface area contributed by atoms with E-state index in [1.165, 1.54) is 0 Å². The van der Waals surface area contributed by atoms with E-state index in [1.54, 1.807) is 18.5 Å². The average Bonchev–Trinajstić information content (AvgIpc) is 2.80. The molecule has 9 heteroatoms. The third-order valence-electron chi connectivity index (χ3n) is 6.25. The molecule has 0 radical (unpaired) electrons. The van der Waals surface area contributed by atoms with E-state index in [2.05, 4.69) is 33.6 Å². The monoisotopic (exact) mass is 445 g/mol. The van der Waals surface area contributed by atoms with E-state index < -0.39 is 9.84 Å². The van der Waals surface area contributed by atoms with Crippen molar-refractivity contribution in [3.63, 3.8) is 0 Å². The van der Waals surface area contributed by atoms with Crippen molar-refractivity contribution >= 4 is 21.5 Å². The number of likely N-dealkylation sites (tertiary alicyclic amines) is 1. The predicted octanol–water partition coefficient (Wildman–Crippen LogP) is 2.21. The zero-order valence-electron chi connectivity index (χ0n) is 18.2. The van der Waals surface area contributed by atoms with Crippen LogP contribution in [0.25, 0.3) is 11.1 Å². The Morgan fingerprint density at radius 2 is 1.65 bits per heavy atom. The number of nitrogens with two attached hydrogens (primary N) is 1. The first-order chi connectivity index (χ1) is 14.8. The first-order valence-electron chi connectivity index (χ1n) is 10.9. The summed E-state index contributed by atoms with van der Waals surface area (Å²) in [5, 5.41) is -0.363. The number of anilines is 2. The van der Waals surface area contributed by atoms with E-state index >= 15 is 0 Å². The van der Waals surface area contributed by atoms with Gasteiger partial charge in [-0.25, -0.2) is 18.4 Å². The van der Waals surface area contributed by atoms with Crippen LogP contribution in [0, 0.1) is 0 Å². The molecule has 1 aromatic heterocycles. The maximum Gasteiger partial charge on any atom is 0.219 e. The molecule has 1 aromatic carbocycles. The van der Waals surface area contributed by atoms with Crippen LogP contribution < -0.4 is 10.6 Å². The molecule has 0 bridgehead atoms. The van der Waals surface area contributed by atoms with Crippen molar-refractivity contribution < 1.29 is 13.2 Å². The fourth-order valence-corrected chi connectivity index (χ4v) is 6.09. The maximum atomic E-state index is 13.6. The number of nitrogens with zero attached hydrogens (tertiary/aromatic N) is 4. The Balaban J connectivity index is 1.70. The molecule has 0 saturated carbocycles. The quantitative estimate of drug-likeness (QED) is 0.747. The van der Waals surface area contributed by atoms with E-state index in [-0.39, 0.29) is 11.2 Å². The minimum absolute atomic E-state index is 0.192. The van der Waals surface area contributed by atoms with Crippen LogP contribution in [-0.2, 0) is 14.6 Å². The number of piperidine rings is 1. The molecule has 2 aromatic rings. The molecule has 0 amide bonds. The van der Waals surface area contributed by atoms with E-state index in [1.807, 2.05) is 12.1 Å². The van der Waals surface area contributed by atoms with Gasteiger partial charge < -0.3 is 20.3 Å². The van der Waals surface area contributed by atoms with Crippen LogP contribution in [0.4, 0.5) is 11.6 Å². The number of ether oxygens (including phenoxy) is 1. The summed E-state index contributed by atoms with van der Waals surface area (Å²) < 4.78 is 32.7. The number of morpholine rings is 1. The third-order valence-corrected chi connectivity index (χ3v) is 8.49. The van der Waals surface area contributed by atoms with Gasteiger partial charge in [0.2, 0.25) is 5.95 Å². The standard InChI is InChI=1S/C22H31N5O3S/c1-16(2)26-5-3-20(4-6-26)31(28,29)21-12-17(18-14-24-22(23)25-15-18)11-19(13-21)27-7-9-30-10-8-27/h11-16,20H,3-10H2,1-2H3,(H2,23,24,25). The molecule has 0 atom stereocenters. The highest BCUT2D eigenvalue weighted by Crippen LogP contribution is 2.33. The van der Waals surface area contributed by atoms with Crippen molar-refractivity contribution in [2.45, 2.75) is 42.9 Å². The maximum absolute atomic E-state index is 13.6. The van der Waals surface area contributed by atoms with Crippen molar-refractivity contribution in [3.05, 3.63) is 30.6 Å². The normalized spacial score (nSPS) is 19.1. The Labute approximate surface area is 184 Å². The summed E-state index contributed by atoms with van der Waals surface area (Å²) in [5.41, 5.74) is 8.05. The summed E-state index contributed by atoms with van der Waals surface area (Å²) in [7, 11) is -3.46. The molecule has 2 aliphatic heterocycles. The third kappa shape index (κ3) is 4.83. The summed E-state index contributed by atoms with van der Waals surface area (Å²) in [6.45, 7) is 8.65. The predicted molar refractivity (Wildman–Crippen MR) is 122 cm³/mol. The highest BCUT2D eigenvalue weighted by molar-refractivity contribution is 7.92. The lowest BCUT2D eigenvalue weighted by Gasteiger charge is -2.34. The van der Waals surface area contributed by atoms with Crippen LogP contribution in [-0.4, -0.2) is 74.0 Å². The van der Waals surface area contributed by atoms with Gasteiger partial charge in [0.1, 0.15) is 0 Å². The number of aromatic nitrogens is 2. The Hall–Kier alpha value is -2.23. The molecule has 2 saturated heterocycles. The van der Waals surface area contributed by atoms with Crippen LogP contribution in [0.2, 0.25) is 0 Å². The SMILES string of the molecule is CC(C)N1CCC(S(=O)(=O)c2cc(-c3cnc(N)nc3)cc(N3CCOCC3)c2)CC1. The second-order valence-corrected chi connectivity index (χ2v) is 10.7. The van der Waals surface area contributed by atoms with Crippen LogP contribution in [0.15, 0.2) is 35.5 Å². The highest BCUT2D eigenvalue weighted by atomic mass is 32.2. The molecule has 2 N–H and O–H groups in total. The van der Waals surface area contributed by atoms with Crippen molar-refractivity contribution in [2.24, 2.45) is 0 Å². The van der Waals surface area contributed by atoms with Crippen molar-refractivity contribution in [2.75, 3.05) is 50.0 Å². The molecule has 168 valence electrons. The summed E-state index contributed by atoms with van der Waals surface area (Å²) in [6.07, 6.45) is 4.59. The second-order valence-electron chi connectivity index (χ2n) is 8.52. The van der Waals surface area contributed by atoms with Crippen LogP contribution in [0.1, 0.15) is 26.7 Å². The topological polar surface area (TPSA) is 102 Å². The number of nitrogen functional groups attached to an aromatic ring is 1. The largest absolute Gasteiger partial charge is 0.378 e. The van der Waals surface area contributed by atoms with E-state index in [0.29, 0.717) is 37.0 Å². The Kier molecular flexibility index (Phi) is 6.45. The number of rotatable bonds is 5. The Morgan fingerprint density at radius 1 is 1.00 bits per heavy atom. The van der Waals surface area contributed by atoms with Gasteiger partial charge in [-0.15, -0.1) is 0 Å². The first kappa shape index (κ1) is 22.0. The molecular weight excluding hydrogens is 414 g/mol. The van der Waals surface area contributed by atoms with Gasteiger partial charge in [-0.05, 0) is 63.5 Å². The van der Waals surface area contributed by atoms with Crippen molar-refractivity contribution in [1.29, 1.82) is 0 Å². The molecule has 2 aliphatic rings. The van der Waals surface area contributed by atoms with Crippen LogP contribution in [0.3, 0.4) is 0 Å². The van der Waals surface area contributed by atoms with Gasteiger partial charge >= 0.3 is 0 Å². The molecule has 2 fully saturated rings. The Morgan fingerprint density at radius 3 is 2.26 bits per heavy atom. The molecule has 0 aliphatic carbocycles. The molecule has 4 rings (SSSR count). The second kappa shape index (κ2) is 9.10. The number of hydrogen-bond donors (Lipinski definition) is 1. The van der Waals surface area contributed by atoms with Crippen LogP contribution in [0.5, 0.6) is 0 Å². The summed E-state index contributed by atoms with van der Waals surface area (Å²) in [6, 6.07) is 6.01. The lowest BCUT2D eigenvalue weighted by Crippen LogP contribution is -2.42. The minimum atomic E-state index is -3.46. The lowest BCUT2D eigenvalue weighted by atomic mass is 10.1. The lowest BCUT2D eigenvalue weighted by molar-refractivity contribution is 0.122. The molecule has 0 spiro atoms. The molecule has 0 unspecified atom stereocenters. The molecule has 3 heterocycles. The van der Waals surface area contributed by atoms with Gasteiger partial charge in [0.25, 0.3) is 0 Å². The molecular formula is C22H31N5O3S. The van der Waals surface area contributed by atoms with Gasteiger partial charge in [0.05, 0.1) is 23.4 Å². The van der Waals surface area contributed by atoms with E-state index in [9.17, 15) is 8.42 Å². The zero-order valence-corrected chi connectivity index (χ0v) is 19.0. The highest BCUT2D eigenvalue weighted by Gasteiger charge is 2.32. The minimum Gasteiger partial charge on any atom is -0.378 e. The van der Waals surface area contributed by atoms with Gasteiger partial charge in [0, 0.05) is 42.8 Å². The molecule has 31 heavy (non-hydrogen) atoms. The van der Waals surface area contributed by atoms with Gasteiger partial charge in [-0.2, -0.15) is 0 Å². The van der Waals surface area contributed by atoms with E-state index in [4.69, 9.17) is 10.5 Å². The zero-order chi connectivity index (χ0) is 22.0. The Bertz CT molecular complexity index is 996. The molecule has 8 nitrogen and oxygen atoms in total. The summed E-state index contributed by atoms with van der Waals surface area (Å²) >= 11 is 0. The fraction of sp³-hybridized carbons (Fsp3) is 0.545. The van der Waals surface area contributed by atoms with Crippen molar-refractivity contribution in [1.82, 2.24) is 14.9 Å². The van der Waals surface area contributed by atoms with Gasteiger partial charge in [-0.3, -0.25) is 0 Å². The first-order valence-corrected chi connectivity index (χ1v) is 12.4. The van der Waals surface area contributed by atoms with E-state index in [0.717, 1.165) is 43.0 Å². The smallest absolute Gasteiger partial charge is 0.219 e. The van der Waals surface area contributed by atoms with Gasteiger partial charge in [-0.1, -0.05) is 0 Å². The van der Waals surface area contributed by atoms with Gasteiger partial charge in [0.15, 0.2) is 9.84 Å². The number of hydrogen-bond acceptors (Lipinski definition) is 8. The number of benzene rings is 1. The summed E-state index contributed by atoms with van der Waals surface area (Å²) in [5.74, 6) is 0.192. The van der Waals surface area contributed by atoms with Crippen LogP contribution >= 0.6 is 0 Å². The summed E-state index contributed by atoms with van der Waals surface area (Å²) in [4.78, 5) is 13.0. The fourth-order valence-electron chi connectivity index (χ4n) is 4.30. The number of sulfone groups is 1. The van der Waals surface area contributed by atoms with Crippen molar-refractivity contribution in [3.8, 4) is 11.1 Å². The average molecular weight is 446 g/mol.